The first-order valence-electron chi connectivity index (χ1n) is 4.36. The van der Waals surface area contributed by atoms with Gasteiger partial charge in [0.1, 0.15) is 0 Å². The molecular formula is C10H10N2O. The molecule has 0 aliphatic heterocycles. The molecule has 3 heteroatoms. The number of aromatic nitrogens is 2. The van der Waals surface area contributed by atoms with Crippen LogP contribution in [0.25, 0.3) is 5.57 Å². The number of rotatable bonds is 1. The Kier molecular flexibility index (Phi) is 2.17. The average Bonchev–Trinajstić information content (AvgIpc) is 2.19. The standard InChI is InChI=1S/C10H10N2O/c13-9-3-1-2-8(6-9)10-7-11-4-5-12-10/h4-7H,1-3H2. The molecule has 0 saturated heterocycles. The Labute approximate surface area is 76.5 Å². The highest BCUT2D eigenvalue weighted by Gasteiger charge is 2.11. The molecule has 1 aliphatic rings. The number of nitrogens with zero attached hydrogens (tertiary/aromatic N) is 2. The Bertz CT molecular complexity index is 343. The van der Waals surface area contributed by atoms with E-state index in [1.165, 1.54) is 0 Å². The van der Waals surface area contributed by atoms with Crippen LogP contribution in [-0.4, -0.2) is 15.8 Å². The van der Waals surface area contributed by atoms with Gasteiger partial charge in [-0.15, -0.1) is 0 Å². The van der Waals surface area contributed by atoms with Gasteiger partial charge in [0.15, 0.2) is 5.78 Å². The van der Waals surface area contributed by atoms with Crippen LogP contribution in [0.15, 0.2) is 24.7 Å². The monoisotopic (exact) mass is 174 g/mol. The first-order valence-corrected chi connectivity index (χ1v) is 4.36. The maximum absolute atomic E-state index is 11.1. The van der Waals surface area contributed by atoms with Crippen LogP contribution in [0.2, 0.25) is 0 Å². The summed E-state index contributed by atoms with van der Waals surface area (Å²) in [5, 5.41) is 0. The van der Waals surface area contributed by atoms with Gasteiger partial charge < -0.3 is 0 Å². The molecule has 1 heterocycles. The molecule has 0 spiro atoms. The molecule has 0 fully saturated rings. The summed E-state index contributed by atoms with van der Waals surface area (Å²) >= 11 is 0. The van der Waals surface area contributed by atoms with Crippen molar-refractivity contribution < 1.29 is 4.79 Å². The fourth-order valence-corrected chi connectivity index (χ4v) is 1.46. The SMILES string of the molecule is O=C1C=C(c2cnccn2)CCC1. The van der Waals surface area contributed by atoms with Gasteiger partial charge in [-0.2, -0.15) is 0 Å². The molecule has 66 valence electrons. The molecule has 3 nitrogen and oxygen atoms in total. The van der Waals surface area contributed by atoms with E-state index in [9.17, 15) is 4.79 Å². The number of carbonyl (C=O) groups excluding carboxylic acids is 1. The minimum absolute atomic E-state index is 0.201. The van der Waals surface area contributed by atoms with Crippen LogP contribution in [0.4, 0.5) is 0 Å². The highest BCUT2D eigenvalue weighted by atomic mass is 16.1. The fourth-order valence-electron chi connectivity index (χ4n) is 1.46. The topological polar surface area (TPSA) is 42.9 Å². The number of ketones is 1. The van der Waals surface area contributed by atoms with Crippen LogP contribution in [-0.2, 0) is 4.79 Å². The Morgan fingerprint density at radius 2 is 2.15 bits per heavy atom. The summed E-state index contributed by atoms with van der Waals surface area (Å²) in [6, 6.07) is 0. The van der Waals surface area contributed by atoms with Crippen molar-refractivity contribution in [3.63, 3.8) is 0 Å². The van der Waals surface area contributed by atoms with Crippen molar-refractivity contribution in [1.82, 2.24) is 9.97 Å². The number of hydrogen-bond acceptors (Lipinski definition) is 3. The third-order valence-electron chi connectivity index (χ3n) is 2.10. The van der Waals surface area contributed by atoms with Gasteiger partial charge in [0, 0.05) is 18.8 Å². The molecule has 0 saturated carbocycles. The Hall–Kier alpha value is -1.51. The van der Waals surface area contributed by atoms with E-state index < -0.39 is 0 Å². The zero-order valence-corrected chi connectivity index (χ0v) is 7.23. The van der Waals surface area contributed by atoms with Crippen molar-refractivity contribution in [2.45, 2.75) is 19.3 Å². The van der Waals surface area contributed by atoms with Gasteiger partial charge >= 0.3 is 0 Å². The zero-order valence-electron chi connectivity index (χ0n) is 7.23. The maximum Gasteiger partial charge on any atom is 0.156 e. The van der Waals surface area contributed by atoms with Gasteiger partial charge in [-0.25, -0.2) is 0 Å². The molecule has 0 amide bonds. The highest BCUT2D eigenvalue weighted by Crippen LogP contribution is 2.22. The number of allylic oxidation sites excluding steroid dienone is 2. The second-order valence-corrected chi connectivity index (χ2v) is 3.08. The molecule has 1 aromatic heterocycles. The van der Waals surface area contributed by atoms with Crippen molar-refractivity contribution >= 4 is 11.4 Å². The van der Waals surface area contributed by atoms with Gasteiger partial charge in [-0.1, -0.05) is 0 Å². The van der Waals surface area contributed by atoms with Crippen molar-refractivity contribution in [1.29, 1.82) is 0 Å². The van der Waals surface area contributed by atoms with E-state index in [0.717, 1.165) is 24.1 Å². The lowest BCUT2D eigenvalue weighted by atomic mass is 9.97. The lowest BCUT2D eigenvalue weighted by molar-refractivity contribution is -0.114. The Morgan fingerprint density at radius 3 is 2.85 bits per heavy atom. The molecular weight excluding hydrogens is 164 g/mol. The van der Waals surface area contributed by atoms with Crippen LogP contribution >= 0.6 is 0 Å². The average molecular weight is 174 g/mol. The first kappa shape index (κ1) is 8.10. The van der Waals surface area contributed by atoms with E-state index in [4.69, 9.17) is 0 Å². The summed E-state index contributed by atoms with van der Waals surface area (Å²) < 4.78 is 0. The smallest absolute Gasteiger partial charge is 0.156 e. The molecule has 1 aliphatic carbocycles. The van der Waals surface area contributed by atoms with E-state index in [0.29, 0.717) is 6.42 Å². The van der Waals surface area contributed by atoms with E-state index in [1.54, 1.807) is 24.7 Å². The van der Waals surface area contributed by atoms with Crippen LogP contribution in [0, 0.1) is 0 Å². The predicted octanol–water partition coefficient (Wildman–Crippen LogP) is 1.61. The molecule has 1 aromatic rings. The fraction of sp³-hybridized carbons (Fsp3) is 0.300. The van der Waals surface area contributed by atoms with Crippen molar-refractivity contribution in [2.24, 2.45) is 0 Å². The quantitative estimate of drug-likeness (QED) is 0.649. The van der Waals surface area contributed by atoms with Crippen LogP contribution in [0.1, 0.15) is 25.0 Å². The van der Waals surface area contributed by atoms with Gasteiger partial charge in [-0.05, 0) is 24.5 Å². The lowest BCUT2D eigenvalue weighted by Gasteiger charge is -2.10. The first-order chi connectivity index (χ1) is 6.36. The van der Waals surface area contributed by atoms with Crippen molar-refractivity contribution in [2.75, 3.05) is 0 Å². The lowest BCUT2D eigenvalue weighted by Crippen LogP contribution is -2.03. The summed E-state index contributed by atoms with van der Waals surface area (Å²) in [6.45, 7) is 0. The molecule has 2 rings (SSSR count). The van der Waals surface area contributed by atoms with E-state index >= 15 is 0 Å². The van der Waals surface area contributed by atoms with Crippen LogP contribution < -0.4 is 0 Å². The molecule has 0 atom stereocenters. The maximum atomic E-state index is 11.1. The summed E-state index contributed by atoms with van der Waals surface area (Å²) in [6.07, 6.45) is 9.21. The summed E-state index contributed by atoms with van der Waals surface area (Å²) in [4.78, 5) is 19.2. The second kappa shape index (κ2) is 3.47. The molecule has 0 radical (unpaired) electrons. The second-order valence-electron chi connectivity index (χ2n) is 3.08. The van der Waals surface area contributed by atoms with Gasteiger partial charge in [0.25, 0.3) is 0 Å². The van der Waals surface area contributed by atoms with E-state index in [1.807, 2.05) is 0 Å². The Morgan fingerprint density at radius 1 is 1.23 bits per heavy atom. The number of hydrogen-bond donors (Lipinski definition) is 0. The summed E-state index contributed by atoms with van der Waals surface area (Å²) in [5.41, 5.74) is 1.85. The molecule has 0 N–H and O–H groups in total. The Balaban J connectivity index is 2.31. The minimum Gasteiger partial charge on any atom is -0.295 e. The highest BCUT2D eigenvalue weighted by molar-refractivity contribution is 5.97. The summed E-state index contributed by atoms with van der Waals surface area (Å²) in [7, 11) is 0. The van der Waals surface area contributed by atoms with E-state index in [-0.39, 0.29) is 5.78 Å². The van der Waals surface area contributed by atoms with E-state index in [2.05, 4.69) is 9.97 Å². The largest absolute Gasteiger partial charge is 0.295 e. The predicted molar refractivity (Wildman–Crippen MR) is 48.9 cm³/mol. The third-order valence-corrected chi connectivity index (χ3v) is 2.10. The normalized spacial score (nSPS) is 16.9. The zero-order chi connectivity index (χ0) is 9.10. The van der Waals surface area contributed by atoms with Gasteiger partial charge in [0.05, 0.1) is 11.9 Å². The molecule has 0 aromatic carbocycles. The minimum atomic E-state index is 0.201. The van der Waals surface area contributed by atoms with Crippen molar-refractivity contribution in [3.05, 3.63) is 30.4 Å². The molecule has 0 unspecified atom stereocenters. The van der Waals surface area contributed by atoms with Gasteiger partial charge in [0.2, 0.25) is 0 Å². The van der Waals surface area contributed by atoms with Gasteiger partial charge in [-0.3, -0.25) is 14.8 Å². The number of carbonyl (C=O) groups is 1. The third kappa shape index (κ3) is 1.80. The molecule has 0 bridgehead atoms. The van der Waals surface area contributed by atoms with Crippen LogP contribution in [0.3, 0.4) is 0 Å². The van der Waals surface area contributed by atoms with Crippen molar-refractivity contribution in [3.8, 4) is 0 Å². The summed E-state index contributed by atoms with van der Waals surface area (Å²) in [5.74, 6) is 0.201. The van der Waals surface area contributed by atoms with Crippen LogP contribution in [0.5, 0.6) is 0 Å². The molecule has 13 heavy (non-hydrogen) atoms.